The van der Waals surface area contributed by atoms with Crippen LogP contribution in [0.15, 0.2) is 36.4 Å². The number of nitro groups is 1. The summed E-state index contributed by atoms with van der Waals surface area (Å²) in [6.45, 7) is -0.0314. The van der Waals surface area contributed by atoms with E-state index < -0.39 is 4.92 Å². The van der Waals surface area contributed by atoms with Crippen LogP contribution in [0.25, 0.3) is 0 Å². The van der Waals surface area contributed by atoms with Crippen LogP contribution in [0.3, 0.4) is 0 Å². The molecule has 0 aliphatic rings. The topological polar surface area (TPSA) is 89.8 Å². The number of carbonyl (C=O) groups excluding carboxylic acids is 2. The van der Waals surface area contributed by atoms with Crippen LogP contribution in [0.5, 0.6) is 5.75 Å². The van der Waals surface area contributed by atoms with Crippen LogP contribution in [0.2, 0.25) is 10.0 Å². The Bertz CT molecular complexity index is 857. The second kappa shape index (κ2) is 8.64. The molecule has 0 bridgehead atoms. The molecule has 0 unspecified atom stereocenters. The molecule has 0 radical (unpaired) electrons. The molecule has 2 aromatic carbocycles. The molecule has 0 aromatic heterocycles. The predicted molar refractivity (Wildman–Crippen MR) is 96.9 cm³/mol. The lowest BCUT2D eigenvalue weighted by molar-refractivity contribution is -0.384. The predicted octanol–water partition coefficient (Wildman–Crippen LogP) is 3.75. The minimum Gasteiger partial charge on any atom is -0.483 e. The summed E-state index contributed by atoms with van der Waals surface area (Å²) in [5, 5.41) is 11.5. The van der Waals surface area contributed by atoms with E-state index in [0.717, 1.165) is 11.6 Å². The van der Waals surface area contributed by atoms with Crippen molar-refractivity contribution in [1.29, 1.82) is 0 Å². The number of benzene rings is 2. The van der Waals surface area contributed by atoms with Crippen LogP contribution in [0.4, 0.5) is 5.69 Å². The molecule has 0 saturated heterocycles. The highest BCUT2D eigenvalue weighted by molar-refractivity contribution is 6.42. The normalized spacial score (nSPS) is 10.3. The van der Waals surface area contributed by atoms with Crippen molar-refractivity contribution in [3.05, 3.63) is 67.7 Å². The number of non-ortho nitro benzene ring substituents is 1. The van der Waals surface area contributed by atoms with E-state index in [9.17, 15) is 19.7 Å². The van der Waals surface area contributed by atoms with E-state index in [2.05, 4.69) is 0 Å². The number of likely N-dealkylation sites (N-methyl/N-ethyl adjacent to an activating group) is 1. The summed E-state index contributed by atoms with van der Waals surface area (Å²) in [5.41, 5.74) is 0.556. The molecule has 0 aliphatic heterocycles. The molecule has 2 rings (SSSR count). The van der Waals surface area contributed by atoms with Gasteiger partial charge in [0.05, 0.1) is 20.5 Å². The molecule has 0 N–H and O–H groups in total. The molecular weight excluding hydrogens is 383 g/mol. The Balaban J connectivity index is 2.00. The van der Waals surface area contributed by atoms with E-state index in [1.54, 1.807) is 25.2 Å². The zero-order valence-electron chi connectivity index (χ0n) is 13.6. The number of amides is 1. The van der Waals surface area contributed by atoms with E-state index in [0.29, 0.717) is 22.9 Å². The summed E-state index contributed by atoms with van der Waals surface area (Å²) in [4.78, 5) is 34.8. The number of aldehydes is 1. The highest BCUT2D eigenvalue weighted by Crippen LogP contribution is 2.24. The summed E-state index contributed by atoms with van der Waals surface area (Å²) < 4.78 is 5.33. The smallest absolute Gasteiger partial charge is 0.270 e. The third kappa shape index (κ3) is 4.93. The monoisotopic (exact) mass is 396 g/mol. The molecule has 26 heavy (non-hydrogen) atoms. The van der Waals surface area contributed by atoms with Crippen LogP contribution in [-0.4, -0.2) is 35.7 Å². The van der Waals surface area contributed by atoms with Gasteiger partial charge in [-0.15, -0.1) is 0 Å². The van der Waals surface area contributed by atoms with E-state index in [4.69, 9.17) is 27.9 Å². The highest BCUT2D eigenvalue weighted by atomic mass is 35.5. The summed E-state index contributed by atoms with van der Waals surface area (Å²) in [7, 11) is 1.59. The standard InChI is InChI=1S/C17H14Cl2N2O5/c1-20(8-11-2-4-14(18)15(19)6-11)17(23)10-26-16-5-3-13(21(24)25)7-12(16)9-22/h2-7,9H,8,10H2,1H3. The van der Waals surface area contributed by atoms with Crippen molar-refractivity contribution < 1.29 is 19.2 Å². The molecule has 0 fully saturated rings. The molecular formula is C17H14Cl2N2O5. The number of carbonyl (C=O) groups is 2. The molecule has 0 spiro atoms. The fourth-order valence-electron chi connectivity index (χ4n) is 2.12. The zero-order valence-corrected chi connectivity index (χ0v) is 15.2. The van der Waals surface area contributed by atoms with Gasteiger partial charge in [-0.2, -0.15) is 0 Å². The first-order valence-corrected chi connectivity index (χ1v) is 8.11. The van der Waals surface area contributed by atoms with E-state index >= 15 is 0 Å². The third-order valence-corrected chi connectivity index (χ3v) is 4.25. The maximum absolute atomic E-state index is 12.2. The Hall–Kier alpha value is -2.64. The van der Waals surface area contributed by atoms with E-state index in [1.165, 1.54) is 17.0 Å². The second-order valence-electron chi connectivity index (χ2n) is 5.38. The van der Waals surface area contributed by atoms with Crippen molar-refractivity contribution in [2.45, 2.75) is 6.54 Å². The summed E-state index contributed by atoms with van der Waals surface area (Å²) in [6, 6.07) is 8.63. The molecule has 136 valence electrons. The van der Waals surface area contributed by atoms with Gasteiger partial charge in [-0.25, -0.2) is 0 Å². The largest absolute Gasteiger partial charge is 0.483 e. The van der Waals surface area contributed by atoms with Crippen molar-refractivity contribution in [1.82, 2.24) is 4.90 Å². The SMILES string of the molecule is CN(Cc1ccc(Cl)c(Cl)c1)C(=O)COc1ccc([N+](=O)[O-])cc1C=O. The van der Waals surface area contributed by atoms with Crippen molar-refractivity contribution in [2.75, 3.05) is 13.7 Å². The quantitative estimate of drug-likeness (QED) is 0.403. The lowest BCUT2D eigenvalue weighted by atomic mass is 10.2. The van der Waals surface area contributed by atoms with Gasteiger partial charge in [0.25, 0.3) is 11.6 Å². The Kier molecular flexibility index (Phi) is 6.54. The van der Waals surface area contributed by atoms with Crippen LogP contribution in [0, 0.1) is 10.1 Å². The van der Waals surface area contributed by atoms with Crippen LogP contribution in [0.1, 0.15) is 15.9 Å². The molecule has 0 aliphatic carbocycles. The van der Waals surface area contributed by atoms with Gasteiger partial charge in [0.1, 0.15) is 5.75 Å². The first-order chi connectivity index (χ1) is 12.3. The average molecular weight is 397 g/mol. The molecule has 0 heterocycles. The lowest BCUT2D eigenvalue weighted by Gasteiger charge is -2.18. The molecule has 1 amide bonds. The lowest BCUT2D eigenvalue weighted by Crippen LogP contribution is -2.31. The third-order valence-electron chi connectivity index (χ3n) is 3.51. The average Bonchev–Trinajstić information content (AvgIpc) is 2.62. The van der Waals surface area contributed by atoms with Gasteiger partial charge in [0.15, 0.2) is 12.9 Å². The number of hydrogen-bond acceptors (Lipinski definition) is 5. The molecule has 2 aromatic rings. The fourth-order valence-corrected chi connectivity index (χ4v) is 2.44. The number of nitrogens with zero attached hydrogens (tertiary/aromatic N) is 2. The Morgan fingerprint density at radius 1 is 1.23 bits per heavy atom. The first-order valence-electron chi connectivity index (χ1n) is 7.36. The maximum atomic E-state index is 12.2. The van der Waals surface area contributed by atoms with Gasteiger partial charge in [-0.1, -0.05) is 29.3 Å². The number of nitro benzene ring substituents is 1. The first kappa shape index (κ1) is 19.7. The van der Waals surface area contributed by atoms with Crippen molar-refractivity contribution in [3.63, 3.8) is 0 Å². The Labute approximate surface area is 159 Å². The Morgan fingerprint density at radius 2 is 1.96 bits per heavy atom. The maximum Gasteiger partial charge on any atom is 0.270 e. The van der Waals surface area contributed by atoms with Crippen molar-refractivity contribution in [3.8, 4) is 5.75 Å². The van der Waals surface area contributed by atoms with Gasteiger partial charge in [-0.3, -0.25) is 19.7 Å². The molecule has 7 nitrogen and oxygen atoms in total. The summed E-state index contributed by atoms with van der Waals surface area (Å²) >= 11 is 11.8. The van der Waals surface area contributed by atoms with E-state index in [-0.39, 0.29) is 29.5 Å². The molecule has 0 saturated carbocycles. The van der Waals surface area contributed by atoms with E-state index in [1.807, 2.05) is 0 Å². The Morgan fingerprint density at radius 3 is 2.58 bits per heavy atom. The van der Waals surface area contributed by atoms with Gasteiger partial charge >= 0.3 is 0 Å². The summed E-state index contributed by atoms with van der Waals surface area (Å²) in [5.74, 6) is -0.242. The minimum atomic E-state index is -0.618. The van der Waals surface area contributed by atoms with Gasteiger partial charge < -0.3 is 9.64 Å². The molecule has 9 heteroatoms. The van der Waals surface area contributed by atoms with Gasteiger partial charge in [-0.05, 0) is 23.8 Å². The van der Waals surface area contributed by atoms with Crippen molar-refractivity contribution >= 4 is 41.1 Å². The van der Waals surface area contributed by atoms with Crippen LogP contribution < -0.4 is 4.74 Å². The minimum absolute atomic E-state index is 0.000800. The number of halogens is 2. The molecule has 0 atom stereocenters. The zero-order chi connectivity index (χ0) is 19.3. The van der Waals surface area contributed by atoms with Gasteiger partial charge in [0, 0.05) is 25.7 Å². The van der Waals surface area contributed by atoms with Crippen LogP contribution in [-0.2, 0) is 11.3 Å². The number of hydrogen-bond donors (Lipinski definition) is 0. The second-order valence-corrected chi connectivity index (χ2v) is 6.20. The highest BCUT2D eigenvalue weighted by Gasteiger charge is 2.15. The van der Waals surface area contributed by atoms with Crippen LogP contribution >= 0.6 is 23.2 Å². The van der Waals surface area contributed by atoms with Gasteiger partial charge in [0.2, 0.25) is 0 Å². The summed E-state index contributed by atoms with van der Waals surface area (Å²) in [6.07, 6.45) is 0.437. The number of rotatable bonds is 7. The van der Waals surface area contributed by atoms with Crippen molar-refractivity contribution in [2.24, 2.45) is 0 Å². The fraction of sp³-hybridized carbons (Fsp3) is 0.176. The number of ether oxygens (including phenoxy) is 1.